The van der Waals surface area contributed by atoms with E-state index in [0.29, 0.717) is 29.9 Å². The Bertz CT molecular complexity index is 1110. The predicted molar refractivity (Wildman–Crippen MR) is 130 cm³/mol. The summed E-state index contributed by atoms with van der Waals surface area (Å²) in [7, 11) is 0. The highest BCUT2D eigenvalue weighted by atomic mass is 16.5. The Morgan fingerprint density at radius 3 is 2.53 bits per heavy atom. The highest BCUT2D eigenvalue weighted by Crippen LogP contribution is 2.36. The van der Waals surface area contributed by atoms with Crippen LogP contribution in [0.1, 0.15) is 49.3 Å². The quantitative estimate of drug-likeness (QED) is 0.369. The smallest absolute Gasteiger partial charge is 0.414 e. The van der Waals surface area contributed by atoms with Crippen molar-refractivity contribution in [3.63, 3.8) is 0 Å². The number of rotatable bonds is 10. The summed E-state index contributed by atoms with van der Waals surface area (Å²) < 4.78 is 5.05. The van der Waals surface area contributed by atoms with E-state index in [2.05, 4.69) is 5.32 Å². The third-order valence-corrected chi connectivity index (χ3v) is 5.51. The van der Waals surface area contributed by atoms with Crippen molar-refractivity contribution in [2.75, 3.05) is 19.7 Å². The molecule has 0 radical (unpaired) electrons. The summed E-state index contributed by atoms with van der Waals surface area (Å²) in [5, 5.41) is 19.8. The molecule has 1 aliphatic carbocycles. The number of alkyl carbamates (subject to hydrolysis) is 1. The van der Waals surface area contributed by atoms with Gasteiger partial charge in [0, 0.05) is 17.7 Å². The zero-order chi connectivity index (χ0) is 24.5. The molecule has 2 aromatic carbocycles. The van der Waals surface area contributed by atoms with Gasteiger partial charge in [-0.1, -0.05) is 61.9 Å². The maximum atomic E-state index is 12.0. The van der Waals surface area contributed by atoms with Crippen LogP contribution in [0.4, 0.5) is 9.59 Å². The third-order valence-electron chi connectivity index (χ3n) is 5.51. The van der Waals surface area contributed by atoms with Gasteiger partial charge >= 0.3 is 12.2 Å². The van der Waals surface area contributed by atoms with E-state index >= 15 is 0 Å². The van der Waals surface area contributed by atoms with E-state index in [9.17, 15) is 14.4 Å². The number of hydrogen-bond donors (Lipinski definition) is 3. The molecule has 0 saturated carbocycles. The number of carbonyl (C=O) groups excluding carboxylic acids is 2. The van der Waals surface area contributed by atoms with Gasteiger partial charge in [0.15, 0.2) is 0 Å². The second kappa shape index (κ2) is 11.8. The number of unbranched alkanes of at least 4 members (excludes halogenated alkanes) is 2. The standard InChI is InChI=1S/C26H29N3O5/c1-2-3-14-29(26(32)33)23(30)17-28-25(31)34-15-8-4-5-9-18-12-13-20-19-10-6-7-11-21(19)24(27)22(20)16-18/h5-7,9-13,16,27H,2-4,8,14-15,17H2,1H3,(H,28,31)(H,32,33)/b9-5+,27-24?. The van der Waals surface area contributed by atoms with Gasteiger partial charge in [-0.05, 0) is 42.0 Å². The minimum absolute atomic E-state index is 0.103. The molecule has 0 bridgehead atoms. The lowest BCUT2D eigenvalue weighted by Crippen LogP contribution is -2.43. The van der Waals surface area contributed by atoms with Crippen LogP contribution < -0.4 is 5.32 Å². The van der Waals surface area contributed by atoms with Gasteiger partial charge in [-0.15, -0.1) is 0 Å². The maximum Gasteiger partial charge on any atom is 0.414 e. The maximum absolute atomic E-state index is 12.0. The lowest BCUT2D eigenvalue weighted by molar-refractivity contribution is -0.128. The zero-order valence-electron chi connectivity index (χ0n) is 19.2. The van der Waals surface area contributed by atoms with Crippen molar-refractivity contribution in [1.82, 2.24) is 10.2 Å². The molecule has 8 nitrogen and oxygen atoms in total. The third kappa shape index (κ3) is 6.10. The minimum atomic E-state index is -1.33. The SMILES string of the molecule is CCCCN(C(=O)O)C(=O)CNC(=O)OCCC/C=C/c1ccc2c(c1)C(=N)c1ccccc1-2. The number of nitrogens with zero attached hydrogens (tertiary/aromatic N) is 1. The summed E-state index contributed by atoms with van der Waals surface area (Å²) in [6.45, 7) is 1.75. The normalized spacial score (nSPS) is 11.7. The van der Waals surface area contributed by atoms with E-state index in [-0.39, 0.29) is 13.2 Å². The minimum Gasteiger partial charge on any atom is -0.465 e. The number of allylic oxidation sites excluding steroid dienone is 1. The summed E-state index contributed by atoms with van der Waals surface area (Å²) in [4.78, 5) is 35.5. The molecule has 0 spiro atoms. The fraction of sp³-hybridized carbons (Fsp3) is 0.308. The average molecular weight is 464 g/mol. The molecule has 0 saturated heterocycles. The number of imide groups is 1. The van der Waals surface area contributed by atoms with Gasteiger partial charge in [0.05, 0.1) is 12.3 Å². The Morgan fingerprint density at radius 2 is 1.79 bits per heavy atom. The molecule has 0 atom stereocenters. The van der Waals surface area contributed by atoms with Crippen LogP contribution >= 0.6 is 0 Å². The van der Waals surface area contributed by atoms with E-state index in [1.54, 1.807) is 0 Å². The molecule has 8 heteroatoms. The second-order valence-corrected chi connectivity index (χ2v) is 7.94. The van der Waals surface area contributed by atoms with Gasteiger partial charge < -0.3 is 15.2 Å². The van der Waals surface area contributed by atoms with Crippen molar-refractivity contribution < 1.29 is 24.2 Å². The molecule has 2 aromatic rings. The monoisotopic (exact) mass is 463 g/mol. The predicted octanol–water partition coefficient (Wildman–Crippen LogP) is 4.91. The van der Waals surface area contributed by atoms with Crippen LogP contribution in [0.15, 0.2) is 48.5 Å². The van der Waals surface area contributed by atoms with Crippen molar-refractivity contribution >= 4 is 29.9 Å². The Kier molecular flexibility index (Phi) is 8.56. The van der Waals surface area contributed by atoms with E-state index < -0.39 is 24.6 Å². The number of carboxylic acid groups (broad SMARTS) is 1. The van der Waals surface area contributed by atoms with Gasteiger partial charge in [0.1, 0.15) is 6.54 Å². The molecule has 178 valence electrons. The highest BCUT2D eigenvalue weighted by molar-refractivity contribution is 6.23. The number of fused-ring (bicyclic) bond motifs is 3. The lowest BCUT2D eigenvalue weighted by Gasteiger charge is -2.17. The van der Waals surface area contributed by atoms with Gasteiger partial charge in [0.2, 0.25) is 0 Å². The summed E-state index contributed by atoms with van der Waals surface area (Å²) in [6, 6.07) is 14.0. The zero-order valence-corrected chi connectivity index (χ0v) is 19.2. The molecule has 0 fully saturated rings. The summed E-state index contributed by atoms with van der Waals surface area (Å²) in [5.41, 5.74) is 5.58. The molecule has 0 unspecified atom stereocenters. The number of hydrogen-bond acceptors (Lipinski definition) is 5. The Hall–Kier alpha value is -3.94. The lowest BCUT2D eigenvalue weighted by atomic mass is 10.0. The average Bonchev–Trinajstić information content (AvgIpc) is 3.11. The molecule has 0 aliphatic heterocycles. The summed E-state index contributed by atoms with van der Waals surface area (Å²) in [5.74, 6) is -0.689. The Labute approximate surface area is 198 Å². The van der Waals surface area contributed by atoms with Crippen molar-refractivity contribution in [2.45, 2.75) is 32.6 Å². The van der Waals surface area contributed by atoms with Crippen molar-refractivity contribution in [2.24, 2.45) is 0 Å². The Morgan fingerprint density at radius 1 is 1.06 bits per heavy atom. The highest BCUT2D eigenvalue weighted by Gasteiger charge is 2.23. The van der Waals surface area contributed by atoms with Crippen molar-refractivity contribution in [3.05, 3.63) is 65.2 Å². The van der Waals surface area contributed by atoms with Crippen LogP contribution in [0.5, 0.6) is 0 Å². The summed E-state index contributed by atoms with van der Waals surface area (Å²) >= 11 is 0. The van der Waals surface area contributed by atoms with Crippen LogP contribution in [-0.4, -0.2) is 53.5 Å². The van der Waals surface area contributed by atoms with E-state index in [0.717, 1.165) is 34.2 Å². The van der Waals surface area contributed by atoms with Gasteiger partial charge in [-0.3, -0.25) is 10.2 Å². The molecule has 3 amide bonds. The van der Waals surface area contributed by atoms with Crippen molar-refractivity contribution in [1.29, 1.82) is 5.41 Å². The molecule has 3 N–H and O–H groups in total. The van der Waals surface area contributed by atoms with Crippen molar-refractivity contribution in [3.8, 4) is 11.1 Å². The topological polar surface area (TPSA) is 120 Å². The van der Waals surface area contributed by atoms with E-state index in [4.69, 9.17) is 15.3 Å². The Balaban J connectivity index is 1.38. The van der Waals surface area contributed by atoms with Gasteiger partial charge in [-0.2, -0.15) is 0 Å². The fourth-order valence-electron chi connectivity index (χ4n) is 3.71. The van der Waals surface area contributed by atoms with E-state index in [1.807, 2.05) is 61.5 Å². The van der Waals surface area contributed by atoms with Crippen LogP contribution in [-0.2, 0) is 9.53 Å². The first-order valence-corrected chi connectivity index (χ1v) is 11.4. The number of carbonyl (C=O) groups is 3. The molecule has 1 aliphatic rings. The second-order valence-electron chi connectivity index (χ2n) is 7.94. The first-order chi connectivity index (χ1) is 16.4. The summed E-state index contributed by atoms with van der Waals surface area (Å²) in [6.07, 6.45) is 4.48. The first-order valence-electron chi connectivity index (χ1n) is 11.4. The van der Waals surface area contributed by atoms with E-state index in [1.165, 1.54) is 0 Å². The van der Waals surface area contributed by atoms with Gasteiger partial charge in [0.25, 0.3) is 5.91 Å². The van der Waals surface area contributed by atoms with Crippen LogP contribution in [0, 0.1) is 5.41 Å². The number of amides is 3. The molecule has 0 aromatic heterocycles. The van der Waals surface area contributed by atoms with Crippen LogP contribution in [0.3, 0.4) is 0 Å². The molecule has 0 heterocycles. The van der Waals surface area contributed by atoms with Crippen LogP contribution in [0.2, 0.25) is 0 Å². The molecular weight excluding hydrogens is 434 g/mol. The molecule has 34 heavy (non-hydrogen) atoms. The fourth-order valence-corrected chi connectivity index (χ4v) is 3.71. The largest absolute Gasteiger partial charge is 0.465 e. The number of nitrogens with one attached hydrogen (secondary N) is 2. The first kappa shape index (κ1) is 24.7. The number of benzene rings is 2. The van der Waals surface area contributed by atoms with Crippen LogP contribution in [0.25, 0.3) is 17.2 Å². The molecule has 3 rings (SSSR count). The molecular formula is C26H29N3O5. The number of ether oxygens (including phenoxy) is 1. The van der Waals surface area contributed by atoms with Gasteiger partial charge in [-0.25, -0.2) is 14.5 Å².